The number of benzene rings is 1. The van der Waals surface area contributed by atoms with Crippen molar-refractivity contribution in [3.63, 3.8) is 0 Å². The first-order valence-electron chi connectivity index (χ1n) is 11.9. The van der Waals surface area contributed by atoms with Crippen LogP contribution in [0, 0.1) is 37.2 Å². The minimum Gasteiger partial charge on any atom is -0.299 e. The molecule has 0 N–H and O–H groups in total. The van der Waals surface area contributed by atoms with Gasteiger partial charge in [0.15, 0.2) is 17.5 Å². The monoisotopic (exact) mass is 473 g/mol. The molecule has 0 aliphatic carbocycles. The first-order chi connectivity index (χ1) is 16.1. The molecule has 0 radical (unpaired) electrons. The summed E-state index contributed by atoms with van der Waals surface area (Å²) in [5.41, 5.74) is 4.45. The third kappa shape index (κ3) is 6.26. The molecule has 1 saturated heterocycles. The first kappa shape index (κ1) is 25.9. The van der Waals surface area contributed by atoms with E-state index in [0.29, 0.717) is 30.1 Å². The fourth-order valence-electron chi connectivity index (χ4n) is 4.66. The van der Waals surface area contributed by atoms with Gasteiger partial charge in [0.2, 0.25) is 0 Å². The number of hydrogen-bond acceptors (Lipinski definition) is 3. The Kier molecular flexibility index (Phi) is 8.52. The second-order valence-electron chi connectivity index (χ2n) is 9.37. The molecule has 0 bridgehead atoms. The van der Waals surface area contributed by atoms with Gasteiger partial charge in [-0.2, -0.15) is 0 Å². The average Bonchev–Trinajstić information content (AvgIpc) is 2.77. The van der Waals surface area contributed by atoms with E-state index in [4.69, 9.17) is 0 Å². The van der Waals surface area contributed by atoms with Crippen molar-refractivity contribution in [1.29, 1.82) is 0 Å². The number of allylic oxidation sites excluding steroid dienone is 3. The predicted octanol–water partition coefficient (Wildman–Crippen LogP) is 5.82. The van der Waals surface area contributed by atoms with E-state index in [1.54, 1.807) is 10.6 Å². The van der Waals surface area contributed by atoms with Crippen molar-refractivity contribution in [1.82, 2.24) is 14.5 Å². The van der Waals surface area contributed by atoms with Gasteiger partial charge >= 0.3 is 0 Å². The topological polar surface area (TPSA) is 38.1 Å². The van der Waals surface area contributed by atoms with Crippen LogP contribution in [0.1, 0.15) is 57.1 Å². The van der Waals surface area contributed by atoms with Crippen molar-refractivity contribution >= 4 is 5.70 Å². The van der Waals surface area contributed by atoms with Crippen LogP contribution in [0.4, 0.5) is 13.2 Å². The van der Waals surface area contributed by atoms with Crippen molar-refractivity contribution in [3.05, 3.63) is 80.3 Å². The van der Waals surface area contributed by atoms with Gasteiger partial charge in [-0.25, -0.2) is 18.2 Å². The quantitative estimate of drug-likeness (QED) is 0.376. The standard InChI is InChI=1S/C27H34F3N3O/c1-6-23(33-20(5)31-19(4)12-26(33)34)11-17(2)18(3)16-32-9-7-21(8-10-32)13-22-14-24(28)27(30)25(29)15-22/h11-12,14-15,21H,6-10,13,16H2,1-5H3/b18-17+,23-11+. The number of nitrogens with zero attached hydrogens (tertiary/aromatic N) is 3. The van der Waals surface area contributed by atoms with Crippen LogP contribution in [0.3, 0.4) is 0 Å². The fraction of sp³-hybridized carbons (Fsp3) is 0.481. The van der Waals surface area contributed by atoms with E-state index in [0.717, 1.165) is 61.6 Å². The SMILES string of the molecule is CC/C(=C\C(C)=C(/C)CN1CCC(Cc2cc(F)c(F)c(F)c2)CC1)n1c(C)nc(C)cc1=O. The molecule has 34 heavy (non-hydrogen) atoms. The molecule has 0 saturated carbocycles. The van der Waals surface area contributed by atoms with E-state index < -0.39 is 17.5 Å². The van der Waals surface area contributed by atoms with Gasteiger partial charge in [0.25, 0.3) is 5.56 Å². The van der Waals surface area contributed by atoms with Crippen LogP contribution in [0.5, 0.6) is 0 Å². The molecule has 184 valence electrons. The van der Waals surface area contributed by atoms with Crippen LogP contribution >= 0.6 is 0 Å². The number of aryl methyl sites for hydroxylation is 2. The number of aromatic nitrogens is 2. The normalized spacial score (nSPS) is 16.6. The summed E-state index contributed by atoms with van der Waals surface area (Å²) in [6, 6.07) is 3.77. The lowest BCUT2D eigenvalue weighted by Gasteiger charge is -2.32. The highest BCUT2D eigenvalue weighted by atomic mass is 19.2. The minimum absolute atomic E-state index is 0.0634. The lowest BCUT2D eigenvalue weighted by molar-refractivity contribution is 0.196. The van der Waals surface area contributed by atoms with E-state index >= 15 is 0 Å². The van der Waals surface area contributed by atoms with Gasteiger partial charge in [0.1, 0.15) is 5.82 Å². The maximum absolute atomic E-state index is 13.5. The number of rotatable bonds is 7. The Morgan fingerprint density at radius 2 is 1.71 bits per heavy atom. The minimum atomic E-state index is -1.41. The molecule has 3 rings (SSSR count). The predicted molar refractivity (Wildman–Crippen MR) is 130 cm³/mol. The van der Waals surface area contributed by atoms with Crippen LogP contribution in [-0.2, 0) is 6.42 Å². The fourth-order valence-corrected chi connectivity index (χ4v) is 4.66. The molecule has 0 unspecified atom stereocenters. The summed E-state index contributed by atoms with van der Waals surface area (Å²) >= 11 is 0. The summed E-state index contributed by atoms with van der Waals surface area (Å²) in [6.45, 7) is 12.5. The maximum atomic E-state index is 13.5. The zero-order valence-corrected chi connectivity index (χ0v) is 20.7. The number of hydrogen-bond donors (Lipinski definition) is 0. The smallest absolute Gasteiger partial charge is 0.258 e. The highest BCUT2D eigenvalue weighted by Crippen LogP contribution is 2.25. The Morgan fingerprint density at radius 3 is 2.26 bits per heavy atom. The molecule has 1 aliphatic rings. The van der Waals surface area contributed by atoms with Crippen LogP contribution in [0.15, 0.2) is 40.2 Å². The second-order valence-corrected chi connectivity index (χ2v) is 9.37. The van der Waals surface area contributed by atoms with Gasteiger partial charge in [-0.3, -0.25) is 14.3 Å². The van der Waals surface area contributed by atoms with Gasteiger partial charge < -0.3 is 0 Å². The van der Waals surface area contributed by atoms with Gasteiger partial charge in [-0.1, -0.05) is 12.5 Å². The Labute approximate surface area is 199 Å². The second kappa shape index (κ2) is 11.2. The van der Waals surface area contributed by atoms with E-state index in [1.807, 2.05) is 20.8 Å². The molecule has 1 aromatic heterocycles. The van der Waals surface area contributed by atoms with Crippen LogP contribution < -0.4 is 5.56 Å². The van der Waals surface area contributed by atoms with Crippen LogP contribution in [-0.4, -0.2) is 34.1 Å². The number of halogens is 3. The van der Waals surface area contributed by atoms with E-state index in [9.17, 15) is 18.0 Å². The van der Waals surface area contributed by atoms with Crippen LogP contribution in [0.25, 0.3) is 5.70 Å². The van der Waals surface area contributed by atoms with E-state index in [2.05, 4.69) is 29.8 Å². The van der Waals surface area contributed by atoms with Crippen molar-refractivity contribution < 1.29 is 13.2 Å². The molecular weight excluding hydrogens is 439 g/mol. The molecule has 2 aromatic rings. The Bertz CT molecular complexity index is 1140. The van der Waals surface area contributed by atoms with Gasteiger partial charge in [-0.15, -0.1) is 0 Å². The average molecular weight is 474 g/mol. The molecule has 1 aromatic carbocycles. The summed E-state index contributed by atoms with van der Waals surface area (Å²) in [5.74, 6) is -2.65. The Hall–Kier alpha value is -2.67. The third-order valence-electron chi connectivity index (χ3n) is 6.66. The molecule has 0 spiro atoms. The van der Waals surface area contributed by atoms with E-state index in [1.165, 1.54) is 5.57 Å². The maximum Gasteiger partial charge on any atom is 0.258 e. The van der Waals surface area contributed by atoms with Crippen molar-refractivity contribution in [2.75, 3.05) is 19.6 Å². The van der Waals surface area contributed by atoms with Crippen molar-refractivity contribution in [2.24, 2.45) is 5.92 Å². The van der Waals surface area contributed by atoms with Gasteiger partial charge in [0, 0.05) is 24.0 Å². The molecule has 0 amide bonds. The third-order valence-corrected chi connectivity index (χ3v) is 6.66. The molecule has 7 heteroatoms. The zero-order chi connectivity index (χ0) is 25.0. The van der Waals surface area contributed by atoms with Crippen LogP contribution in [0.2, 0.25) is 0 Å². The van der Waals surface area contributed by atoms with Gasteiger partial charge in [0.05, 0.1) is 0 Å². The number of likely N-dealkylation sites (tertiary alicyclic amines) is 1. The molecule has 2 heterocycles. The molecule has 4 nitrogen and oxygen atoms in total. The number of piperidine rings is 1. The first-order valence-corrected chi connectivity index (χ1v) is 11.9. The molecular formula is C27H34F3N3O. The van der Waals surface area contributed by atoms with Crippen molar-refractivity contribution in [2.45, 2.75) is 60.3 Å². The Morgan fingerprint density at radius 1 is 1.09 bits per heavy atom. The van der Waals surface area contributed by atoms with Gasteiger partial charge in [-0.05, 0) is 102 Å². The summed E-state index contributed by atoms with van der Waals surface area (Å²) in [7, 11) is 0. The Balaban J connectivity index is 1.64. The summed E-state index contributed by atoms with van der Waals surface area (Å²) < 4.78 is 41.9. The molecule has 0 atom stereocenters. The zero-order valence-electron chi connectivity index (χ0n) is 20.7. The lowest BCUT2D eigenvalue weighted by Crippen LogP contribution is -2.35. The highest BCUT2D eigenvalue weighted by Gasteiger charge is 2.21. The summed E-state index contributed by atoms with van der Waals surface area (Å²) in [6.07, 6.45) is 5.19. The van der Waals surface area contributed by atoms with Crippen molar-refractivity contribution in [3.8, 4) is 0 Å². The summed E-state index contributed by atoms with van der Waals surface area (Å²) in [5, 5.41) is 0. The lowest BCUT2D eigenvalue weighted by atomic mass is 9.90. The van der Waals surface area contributed by atoms with E-state index in [-0.39, 0.29) is 5.56 Å². The highest BCUT2D eigenvalue weighted by molar-refractivity contribution is 5.51. The molecule has 1 fully saturated rings. The molecule has 1 aliphatic heterocycles. The summed E-state index contributed by atoms with van der Waals surface area (Å²) in [4.78, 5) is 19.4. The largest absolute Gasteiger partial charge is 0.299 e.